The summed E-state index contributed by atoms with van der Waals surface area (Å²) in [4.78, 5) is 23.6. The fraction of sp³-hybridized carbons (Fsp3) is 0.231. The van der Waals surface area contributed by atoms with Crippen LogP contribution in [0.15, 0.2) is 35.3 Å². The van der Waals surface area contributed by atoms with Crippen molar-refractivity contribution in [3.05, 3.63) is 40.8 Å². The number of alkyl halides is 3. The minimum Gasteiger partial charge on any atom is -0.398 e. The van der Waals surface area contributed by atoms with Gasteiger partial charge in [-0.3, -0.25) is 9.59 Å². The van der Waals surface area contributed by atoms with E-state index in [0.717, 1.165) is 4.57 Å². The molecule has 1 aromatic carbocycles. The highest BCUT2D eigenvalue weighted by atomic mass is 19.4. The second-order valence-corrected chi connectivity index (χ2v) is 4.45. The third kappa shape index (κ3) is 3.53. The zero-order valence-corrected chi connectivity index (χ0v) is 10.8. The molecule has 1 amide bonds. The topological polar surface area (TPSA) is 77.1 Å². The van der Waals surface area contributed by atoms with Crippen molar-refractivity contribution in [3.63, 3.8) is 0 Å². The number of aromatic nitrogens is 1. The molecule has 2 aromatic rings. The molecule has 3 N–H and O–H groups in total. The van der Waals surface area contributed by atoms with Crippen molar-refractivity contribution in [2.75, 3.05) is 12.3 Å². The Morgan fingerprint density at radius 1 is 1.29 bits per heavy atom. The van der Waals surface area contributed by atoms with E-state index < -0.39 is 30.7 Å². The molecule has 112 valence electrons. The third-order valence-corrected chi connectivity index (χ3v) is 2.84. The van der Waals surface area contributed by atoms with E-state index in [4.69, 9.17) is 5.73 Å². The predicted molar refractivity (Wildman–Crippen MR) is 71.7 cm³/mol. The number of nitrogens with zero attached hydrogens (tertiary/aromatic N) is 1. The van der Waals surface area contributed by atoms with Crippen LogP contribution in [0.4, 0.5) is 18.9 Å². The number of nitrogens with two attached hydrogens (primary N) is 1. The first-order valence-corrected chi connectivity index (χ1v) is 5.99. The molecule has 0 fully saturated rings. The van der Waals surface area contributed by atoms with Gasteiger partial charge in [0.1, 0.15) is 13.1 Å². The van der Waals surface area contributed by atoms with Crippen molar-refractivity contribution in [2.45, 2.75) is 12.7 Å². The molecule has 1 aromatic heterocycles. The summed E-state index contributed by atoms with van der Waals surface area (Å²) in [5.74, 6) is -0.900. The zero-order valence-electron chi connectivity index (χ0n) is 10.8. The lowest BCUT2D eigenvalue weighted by Gasteiger charge is -2.10. The second kappa shape index (κ2) is 5.47. The maximum Gasteiger partial charge on any atom is 0.405 e. The van der Waals surface area contributed by atoms with Crippen molar-refractivity contribution in [2.24, 2.45) is 0 Å². The molecule has 0 atom stereocenters. The summed E-state index contributed by atoms with van der Waals surface area (Å²) in [5, 5.41) is 2.55. The van der Waals surface area contributed by atoms with Gasteiger partial charge in [0.05, 0.1) is 5.39 Å². The van der Waals surface area contributed by atoms with Gasteiger partial charge in [-0.15, -0.1) is 0 Å². The summed E-state index contributed by atoms with van der Waals surface area (Å²) in [7, 11) is 0. The van der Waals surface area contributed by atoms with E-state index >= 15 is 0 Å². The lowest BCUT2D eigenvalue weighted by atomic mass is 10.1. The molecule has 0 radical (unpaired) electrons. The lowest BCUT2D eigenvalue weighted by molar-refractivity contribution is -0.138. The average molecular weight is 299 g/mol. The number of halogens is 3. The van der Waals surface area contributed by atoms with Crippen molar-refractivity contribution < 1.29 is 18.0 Å². The van der Waals surface area contributed by atoms with Gasteiger partial charge in [-0.1, -0.05) is 12.1 Å². The van der Waals surface area contributed by atoms with Gasteiger partial charge in [-0.05, 0) is 17.5 Å². The molecule has 1 heterocycles. The van der Waals surface area contributed by atoms with E-state index in [2.05, 4.69) is 0 Å². The number of amides is 1. The van der Waals surface area contributed by atoms with E-state index in [0.29, 0.717) is 5.39 Å². The number of carbonyl (C=O) groups is 1. The highest BCUT2D eigenvalue weighted by Gasteiger charge is 2.27. The molecule has 5 nitrogen and oxygen atoms in total. The highest BCUT2D eigenvalue weighted by Crippen LogP contribution is 2.16. The van der Waals surface area contributed by atoms with Crippen molar-refractivity contribution >= 4 is 22.4 Å². The van der Waals surface area contributed by atoms with Crippen molar-refractivity contribution in [3.8, 4) is 0 Å². The van der Waals surface area contributed by atoms with Crippen LogP contribution in [-0.2, 0) is 11.3 Å². The summed E-state index contributed by atoms with van der Waals surface area (Å²) < 4.78 is 37.0. The Morgan fingerprint density at radius 2 is 2.00 bits per heavy atom. The molecule has 0 saturated carbocycles. The van der Waals surface area contributed by atoms with Crippen LogP contribution in [0.3, 0.4) is 0 Å². The van der Waals surface area contributed by atoms with Gasteiger partial charge in [-0.25, -0.2) is 0 Å². The van der Waals surface area contributed by atoms with E-state index in [1.807, 2.05) is 0 Å². The first kappa shape index (κ1) is 14.9. The van der Waals surface area contributed by atoms with E-state index in [-0.39, 0.29) is 11.1 Å². The second-order valence-electron chi connectivity index (χ2n) is 4.45. The number of pyridine rings is 1. The Morgan fingerprint density at radius 3 is 2.67 bits per heavy atom. The number of fused-ring (bicyclic) bond motifs is 1. The van der Waals surface area contributed by atoms with Crippen LogP contribution < -0.4 is 16.6 Å². The van der Waals surface area contributed by atoms with Crippen LogP contribution in [0, 0.1) is 0 Å². The molecule has 0 aliphatic heterocycles. The van der Waals surface area contributed by atoms with Gasteiger partial charge in [-0.2, -0.15) is 13.2 Å². The molecule has 21 heavy (non-hydrogen) atoms. The van der Waals surface area contributed by atoms with Crippen LogP contribution in [0.25, 0.3) is 10.8 Å². The smallest absolute Gasteiger partial charge is 0.398 e. The zero-order chi connectivity index (χ0) is 15.6. The number of carbonyl (C=O) groups excluding carboxylic acids is 1. The molecule has 8 heteroatoms. The molecule has 0 aliphatic carbocycles. The van der Waals surface area contributed by atoms with Gasteiger partial charge in [0.2, 0.25) is 5.91 Å². The largest absolute Gasteiger partial charge is 0.405 e. The van der Waals surface area contributed by atoms with Gasteiger partial charge < -0.3 is 15.6 Å². The number of anilines is 1. The maximum atomic E-state index is 12.2. The number of benzene rings is 1. The molecular formula is C13H12F3N3O2. The fourth-order valence-electron chi connectivity index (χ4n) is 1.89. The molecule has 0 saturated heterocycles. The number of rotatable bonds is 3. The Bertz CT molecular complexity index is 737. The van der Waals surface area contributed by atoms with Crippen LogP contribution in [0.5, 0.6) is 0 Å². The lowest BCUT2D eigenvalue weighted by Crippen LogP contribution is -2.37. The van der Waals surface area contributed by atoms with Gasteiger partial charge in [0, 0.05) is 11.9 Å². The number of nitrogens with one attached hydrogen (secondary N) is 1. The van der Waals surface area contributed by atoms with Crippen molar-refractivity contribution in [1.82, 2.24) is 9.88 Å². The first-order chi connectivity index (χ1) is 9.78. The van der Waals surface area contributed by atoms with Crippen molar-refractivity contribution in [1.29, 1.82) is 0 Å². The standard InChI is InChI=1S/C13H12F3N3O2/c14-13(15,16)7-18-10(20)6-19-5-4-8-2-1-3-9(17)11(8)12(19)21/h1-5H,6-7,17H2,(H,18,20). The summed E-state index contributed by atoms with van der Waals surface area (Å²) in [6.07, 6.45) is -3.15. The maximum absolute atomic E-state index is 12.2. The summed E-state index contributed by atoms with van der Waals surface area (Å²) in [5.41, 5.74) is 5.44. The molecule has 0 bridgehead atoms. The van der Waals surface area contributed by atoms with E-state index in [1.165, 1.54) is 12.3 Å². The number of hydrogen-bond acceptors (Lipinski definition) is 3. The third-order valence-electron chi connectivity index (χ3n) is 2.84. The van der Waals surface area contributed by atoms with Crippen LogP contribution in [0.2, 0.25) is 0 Å². The molecule has 2 rings (SSSR count). The minimum atomic E-state index is -4.49. The molecule has 0 aliphatic rings. The normalized spacial score (nSPS) is 11.6. The van der Waals surface area contributed by atoms with Gasteiger partial charge >= 0.3 is 6.18 Å². The van der Waals surface area contributed by atoms with E-state index in [1.54, 1.807) is 23.5 Å². The van der Waals surface area contributed by atoms with Crippen LogP contribution in [0.1, 0.15) is 0 Å². The quantitative estimate of drug-likeness (QED) is 0.838. The minimum absolute atomic E-state index is 0.239. The Balaban J connectivity index is 2.24. The monoisotopic (exact) mass is 299 g/mol. The number of nitrogen functional groups attached to an aromatic ring is 1. The molecule has 0 unspecified atom stereocenters. The Labute approximate surface area is 117 Å². The SMILES string of the molecule is Nc1cccc2ccn(CC(=O)NCC(F)(F)F)c(=O)c12. The van der Waals surface area contributed by atoms with Gasteiger partial charge in [0.15, 0.2) is 0 Å². The van der Waals surface area contributed by atoms with E-state index in [9.17, 15) is 22.8 Å². The van der Waals surface area contributed by atoms with Crippen LogP contribution >= 0.6 is 0 Å². The molecule has 0 spiro atoms. The predicted octanol–water partition coefficient (Wildman–Crippen LogP) is 1.26. The average Bonchev–Trinajstić information content (AvgIpc) is 2.39. The van der Waals surface area contributed by atoms with Gasteiger partial charge in [0.25, 0.3) is 5.56 Å². The summed E-state index contributed by atoms with van der Waals surface area (Å²) in [6.45, 7) is -1.94. The van der Waals surface area contributed by atoms with Crippen LogP contribution in [-0.4, -0.2) is 23.2 Å². The Hall–Kier alpha value is -2.51. The Kier molecular flexibility index (Phi) is 3.88. The first-order valence-electron chi connectivity index (χ1n) is 5.99. The highest BCUT2D eigenvalue weighted by molar-refractivity contribution is 5.92. The summed E-state index contributed by atoms with van der Waals surface area (Å²) in [6, 6.07) is 6.47. The summed E-state index contributed by atoms with van der Waals surface area (Å²) >= 11 is 0. The number of hydrogen-bond donors (Lipinski definition) is 2. The fourth-order valence-corrected chi connectivity index (χ4v) is 1.89. The molecular weight excluding hydrogens is 287 g/mol.